The second kappa shape index (κ2) is 6.36. The Labute approximate surface area is 141 Å². The van der Waals surface area contributed by atoms with E-state index >= 15 is 0 Å². The number of carbonyl (C=O) groups is 1. The van der Waals surface area contributed by atoms with Crippen molar-refractivity contribution in [2.24, 2.45) is 0 Å². The van der Waals surface area contributed by atoms with Gasteiger partial charge in [0.2, 0.25) is 0 Å². The maximum Gasteiger partial charge on any atom is 0.255 e. The van der Waals surface area contributed by atoms with Crippen LogP contribution in [0.3, 0.4) is 0 Å². The lowest BCUT2D eigenvalue weighted by Gasteiger charge is -2.17. The normalized spacial score (nSPS) is 13.9. The van der Waals surface area contributed by atoms with Crippen molar-refractivity contribution in [2.45, 2.75) is 52.5 Å². The van der Waals surface area contributed by atoms with E-state index in [1.807, 2.05) is 20.8 Å². The highest BCUT2D eigenvalue weighted by Gasteiger charge is 2.23. The van der Waals surface area contributed by atoms with E-state index in [0.29, 0.717) is 10.6 Å². The van der Waals surface area contributed by atoms with Crippen molar-refractivity contribution in [1.82, 2.24) is 5.32 Å². The zero-order valence-electron chi connectivity index (χ0n) is 14.0. The van der Waals surface area contributed by atoms with Crippen molar-refractivity contribution in [2.75, 3.05) is 5.73 Å². The minimum absolute atomic E-state index is 0.0745. The highest BCUT2D eigenvalue weighted by molar-refractivity contribution is 7.16. The first-order valence-electron chi connectivity index (χ1n) is 8.29. The van der Waals surface area contributed by atoms with Crippen molar-refractivity contribution in [3.05, 3.63) is 39.8 Å². The van der Waals surface area contributed by atoms with Crippen LogP contribution in [-0.2, 0) is 12.8 Å². The Balaban J connectivity index is 2.07. The third kappa shape index (κ3) is 3.13. The molecule has 0 atom stereocenters. The SMILES string of the molecule is Cc1sc(N)c(C(=O)NC(C)C)c1-c1ccc2c(c1)CCCC2. The molecule has 122 valence electrons. The van der Waals surface area contributed by atoms with Crippen LogP contribution in [0, 0.1) is 6.92 Å². The molecule has 1 aliphatic rings. The summed E-state index contributed by atoms with van der Waals surface area (Å²) in [6.07, 6.45) is 4.83. The van der Waals surface area contributed by atoms with Crippen LogP contribution in [0.15, 0.2) is 18.2 Å². The van der Waals surface area contributed by atoms with E-state index in [1.54, 1.807) is 0 Å². The van der Waals surface area contributed by atoms with Gasteiger partial charge in [-0.3, -0.25) is 4.79 Å². The van der Waals surface area contributed by atoms with Crippen LogP contribution in [0.5, 0.6) is 0 Å². The maximum absolute atomic E-state index is 12.6. The fraction of sp³-hybridized carbons (Fsp3) is 0.421. The molecule has 3 rings (SSSR count). The first-order valence-corrected chi connectivity index (χ1v) is 9.11. The molecule has 1 amide bonds. The number of amides is 1. The third-order valence-electron chi connectivity index (χ3n) is 4.40. The molecule has 0 aliphatic heterocycles. The Hall–Kier alpha value is -1.81. The molecule has 3 nitrogen and oxygen atoms in total. The summed E-state index contributed by atoms with van der Waals surface area (Å²) in [5.74, 6) is -0.0745. The van der Waals surface area contributed by atoms with Gasteiger partial charge in [0.05, 0.1) is 10.6 Å². The minimum atomic E-state index is -0.0745. The van der Waals surface area contributed by atoms with Gasteiger partial charge in [-0.05, 0) is 63.1 Å². The van der Waals surface area contributed by atoms with Gasteiger partial charge in [0, 0.05) is 16.5 Å². The topological polar surface area (TPSA) is 55.1 Å². The van der Waals surface area contributed by atoms with Crippen molar-refractivity contribution in [1.29, 1.82) is 0 Å². The molecule has 2 aromatic rings. The van der Waals surface area contributed by atoms with E-state index in [9.17, 15) is 4.79 Å². The Morgan fingerprint density at radius 1 is 1.22 bits per heavy atom. The minimum Gasteiger partial charge on any atom is -0.390 e. The second-order valence-corrected chi connectivity index (χ2v) is 7.85. The van der Waals surface area contributed by atoms with E-state index in [1.165, 1.54) is 41.7 Å². The molecule has 1 aromatic carbocycles. The summed E-state index contributed by atoms with van der Waals surface area (Å²) in [7, 11) is 0. The van der Waals surface area contributed by atoms with Crippen molar-refractivity contribution in [3.8, 4) is 11.1 Å². The van der Waals surface area contributed by atoms with Crippen LogP contribution in [0.25, 0.3) is 11.1 Å². The maximum atomic E-state index is 12.6. The largest absolute Gasteiger partial charge is 0.390 e. The summed E-state index contributed by atoms with van der Waals surface area (Å²) < 4.78 is 0. The Morgan fingerprint density at radius 2 is 1.91 bits per heavy atom. The molecule has 0 bridgehead atoms. The van der Waals surface area contributed by atoms with Gasteiger partial charge in [-0.1, -0.05) is 18.2 Å². The second-order valence-electron chi connectivity index (χ2n) is 6.59. The molecule has 4 heteroatoms. The number of fused-ring (bicyclic) bond motifs is 1. The molecule has 0 unspecified atom stereocenters. The van der Waals surface area contributed by atoms with Gasteiger partial charge in [0.15, 0.2) is 0 Å². The summed E-state index contributed by atoms with van der Waals surface area (Å²) in [5, 5.41) is 3.58. The molecular weight excluding hydrogens is 304 g/mol. The average Bonchev–Trinajstić information content (AvgIpc) is 2.80. The lowest BCUT2D eigenvalue weighted by molar-refractivity contribution is 0.0945. The standard InChI is InChI=1S/C19H24N2OS/c1-11(2)21-19(22)17-16(12(3)23-18(17)20)15-9-8-13-6-4-5-7-14(13)10-15/h8-11H,4-7,20H2,1-3H3,(H,21,22). The van der Waals surface area contributed by atoms with Crippen LogP contribution < -0.4 is 11.1 Å². The van der Waals surface area contributed by atoms with Crippen LogP contribution in [-0.4, -0.2) is 11.9 Å². The summed E-state index contributed by atoms with van der Waals surface area (Å²) in [5.41, 5.74) is 11.8. The predicted molar refractivity (Wildman–Crippen MR) is 98.1 cm³/mol. The molecule has 3 N–H and O–H groups in total. The molecule has 23 heavy (non-hydrogen) atoms. The molecule has 0 spiro atoms. The number of nitrogens with one attached hydrogen (secondary N) is 1. The monoisotopic (exact) mass is 328 g/mol. The molecule has 1 aromatic heterocycles. The van der Waals surface area contributed by atoms with Gasteiger partial charge in [0.1, 0.15) is 0 Å². The quantitative estimate of drug-likeness (QED) is 0.881. The number of anilines is 1. The van der Waals surface area contributed by atoms with Crippen LogP contribution in [0.4, 0.5) is 5.00 Å². The van der Waals surface area contributed by atoms with Crippen LogP contribution in [0.2, 0.25) is 0 Å². The molecule has 1 heterocycles. The van der Waals surface area contributed by atoms with Gasteiger partial charge in [-0.15, -0.1) is 11.3 Å². The number of carbonyl (C=O) groups excluding carboxylic acids is 1. The highest BCUT2D eigenvalue weighted by Crippen LogP contribution is 2.39. The van der Waals surface area contributed by atoms with Gasteiger partial charge in [-0.2, -0.15) is 0 Å². The number of nitrogen functional groups attached to an aromatic ring is 1. The first-order chi connectivity index (χ1) is 11.0. The summed E-state index contributed by atoms with van der Waals surface area (Å²) in [4.78, 5) is 13.7. The van der Waals surface area contributed by atoms with Crippen molar-refractivity contribution < 1.29 is 4.79 Å². The van der Waals surface area contributed by atoms with Crippen LogP contribution in [0.1, 0.15) is 53.1 Å². The van der Waals surface area contributed by atoms with E-state index in [2.05, 4.69) is 23.5 Å². The lowest BCUT2D eigenvalue weighted by Crippen LogP contribution is -2.30. The smallest absolute Gasteiger partial charge is 0.255 e. The summed E-state index contributed by atoms with van der Waals surface area (Å²) >= 11 is 1.50. The van der Waals surface area contributed by atoms with E-state index in [-0.39, 0.29) is 11.9 Å². The van der Waals surface area contributed by atoms with Gasteiger partial charge < -0.3 is 11.1 Å². The number of aryl methyl sites for hydroxylation is 3. The molecule has 0 radical (unpaired) electrons. The molecule has 0 saturated carbocycles. The zero-order valence-corrected chi connectivity index (χ0v) is 14.8. The summed E-state index contributed by atoms with van der Waals surface area (Å²) in [6, 6.07) is 6.72. The Kier molecular flexibility index (Phi) is 4.44. The zero-order chi connectivity index (χ0) is 16.6. The van der Waals surface area contributed by atoms with Gasteiger partial charge in [0.25, 0.3) is 5.91 Å². The van der Waals surface area contributed by atoms with Crippen LogP contribution >= 0.6 is 11.3 Å². The number of benzene rings is 1. The Bertz CT molecular complexity index is 746. The average molecular weight is 328 g/mol. The number of rotatable bonds is 3. The molecule has 1 aliphatic carbocycles. The highest BCUT2D eigenvalue weighted by atomic mass is 32.1. The lowest BCUT2D eigenvalue weighted by atomic mass is 9.88. The van der Waals surface area contributed by atoms with E-state index in [0.717, 1.165) is 22.4 Å². The molecule has 0 fully saturated rings. The summed E-state index contributed by atoms with van der Waals surface area (Å²) in [6.45, 7) is 5.97. The van der Waals surface area contributed by atoms with E-state index in [4.69, 9.17) is 5.73 Å². The molecule has 0 saturated heterocycles. The fourth-order valence-electron chi connectivity index (χ4n) is 3.36. The van der Waals surface area contributed by atoms with Gasteiger partial charge in [-0.25, -0.2) is 0 Å². The van der Waals surface area contributed by atoms with Crippen molar-refractivity contribution in [3.63, 3.8) is 0 Å². The predicted octanol–water partition coefficient (Wildman–Crippen LogP) is 4.32. The number of hydrogen-bond donors (Lipinski definition) is 2. The molecular formula is C19H24N2OS. The van der Waals surface area contributed by atoms with E-state index < -0.39 is 0 Å². The number of hydrogen-bond acceptors (Lipinski definition) is 3. The number of thiophene rings is 1. The Morgan fingerprint density at radius 3 is 2.61 bits per heavy atom. The first kappa shape index (κ1) is 16.1. The number of nitrogens with two attached hydrogens (primary N) is 1. The van der Waals surface area contributed by atoms with Gasteiger partial charge >= 0.3 is 0 Å². The fourth-order valence-corrected chi connectivity index (χ4v) is 4.31. The van der Waals surface area contributed by atoms with Crippen molar-refractivity contribution >= 4 is 22.2 Å². The third-order valence-corrected chi connectivity index (χ3v) is 5.33.